The Morgan fingerprint density at radius 2 is 2.00 bits per heavy atom. The van der Waals surface area contributed by atoms with Crippen molar-refractivity contribution in [3.8, 4) is 0 Å². The molecule has 0 spiro atoms. The van der Waals surface area contributed by atoms with E-state index in [-0.39, 0.29) is 12.5 Å². The average molecular weight is 295 g/mol. The highest BCUT2D eigenvalue weighted by Gasteiger charge is 2.33. The van der Waals surface area contributed by atoms with E-state index < -0.39 is 5.54 Å². The van der Waals surface area contributed by atoms with Crippen LogP contribution in [0.3, 0.4) is 0 Å². The summed E-state index contributed by atoms with van der Waals surface area (Å²) in [6, 6.07) is 8.11. The van der Waals surface area contributed by atoms with Gasteiger partial charge in [0.05, 0.1) is 17.9 Å². The largest absolute Gasteiger partial charge is 0.394 e. The van der Waals surface area contributed by atoms with Crippen molar-refractivity contribution in [2.45, 2.75) is 30.2 Å². The maximum atomic E-state index is 12.0. The van der Waals surface area contributed by atoms with Crippen LogP contribution < -0.4 is 5.32 Å². The van der Waals surface area contributed by atoms with Crippen LogP contribution in [-0.2, 0) is 9.53 Å². The fourth-order valence-electron chi connectivity index (χ4n) is 2.20. The third-order valence-corrected chi connectivity index (χ3v) is 4.56. The predicted octanol–water partition coefficient (Wildman–Crippen LogP) is 1.74. The molecule has 1 aromatic rings. The van der Waals surface area contributed by atoms with Crippen LogP contribution in [0.1, 0.15) is 18.4 Å². The molecule has 2 N–H and O–H groups in total. The Kier molecular flexibility index (Phi) is 5.46. The van der Waals surface area contributed by atoms with Gasteiger partial charge in [-0.05, 0) is 31.9 Å². The molecular formula is C15H21NO3S. The van der Waals surface area contributed by atoms with E-state index in [1.54, 1.807) is 0 Å². The first kappa shape index (κ1) is 15.4. The van der Waals surface area contributed by atoms with E-state index >= 15 is 0 Å². The van der Waals surface area contributed by atoms with E-state index in [2.05, 4.69) is 5.32 Å². The van der Waals surface area contributed by atoms with E-state index in [1.807, 2.05) is 31.2 Å². The van der Waals surface area contributed by atoms with Crippen molar-refractivity contribution in [2.75, 3.05) is 25.6 Å². The van der Waals surface area contributed by atoms with Gasteiger partial charge in [0.2, 0.25) is 5.91 Å². The summed E-state index contributed by atoms with van der Waals surface area (Å²) < 4.78 is 5.28. The number of hydrogen-bond donors (Lipinski definition) is 2. The van der Waals surface area contributed by atoms with Gasteiger partial charge in [-0.1, -0.05) is 17.7 Å². The van der Waals surface area contributed by atoms with Crippen molar-refractivity contribution >= 4 is 17.7 Å². The van der Waals surface area contributed by atoms with Crippen LogP contribution in [0.25, 0.3) is 0 Å². The molecule has 1 fully saturated rings. The molecule has 0 atom stereocenters. The maximum absolute atomic E-state index is 12.0. The molecule has 0 radical (unpaired) electrons. The lowest BCUT2D eigenvalue weighted by molar-refractivity contribution is -0.122. The standard InChI is InChI=1S/C15H21NO3S/c1-12-2-4-13(5-3-12)20-10-14(18)16-15(11-17)6-8-19-9-7-15/h2-5,17H,6-11H2,1H3,(H,16,18). The minimum absolute atomic E-state index is 0.0305. The maximum Gasteiger partial charge on any atom is 0.230 e. The van der Waals surface area contributed by atoms with Crippen LogP contribution in [0.5, 0.6) is 0 Å². The molecule has 1 aliphatic rings. The van der Waals surface area contributed by atoms with Gasteiger partial charge in [-0.2, -0.15) is 0 Å². The van der Waals surface area contributed by atoms with E-state index in [9.17, 15) is 9.90 Å². The molecule has 1 saturated heterocycles. The van der Waals surface area contributed by atoms with Gasteiger partial charge in [-0.3, -0.25) is 4.79 Å². The summed E-state index contributed by atoms with van der Waals surface area (Å²) in [6.45, 7) is 3.19. The van der Waals surface area contributed by atoms with Gasteiger partial charge < -0.3 is 15.2 Å². The quantitative estimate of drug-likeness (QED) is 0.813. The number of thioether (sulfide) groups is 1. The van der Waals surface area contributed by atoms with Crippen LogP contribution >= 0.6 is 11.8 Å². The third kappa shape index (κ3) is 4.23. The van der Waals surface area contributed by atoms with Crippen molar-refractivity contribution in [1.82, 2.24) is 5.32 Å². The van der Waals surface area contributed by atoms with Gasteiger partial charge >= 0.3 is 0 Å². The Labute approximate surface area is 123 Å². The summed E-state index contributed by atoms with van der Waals surface area (Å²) >= 11 is 1.51. The predicted molar refractivity (Wildman–Crippen MR) is 79.9 cm³/mol. The molecule has 5 heteroatoms. The minimum atomic E-state index is -0.497. The number of amides is 1. The molecule has 4 nitrogen and oxygen atoms in total. The lowest BCUT2D eigenvalue weighted by Crippen LogP contribution is -2.55. The fraction of sp³-hybridized carbons (Fsp3) is 0.533. The number of benzene rings is 1. The molecule has 0 unspecified atom stereocenters. The Balaban J connectivity index is 1.83. The number of aliphatic hydroxyl groups is 1. The summed E-state index contributed by atoms with van der Waals surface area (Å²) in [6.07, 6.45) is 1.34. The summed E-state index contributed by atoms with van der Waals surface area (Å²) in [4.78, 5) is 13.1. The molecule has 1 aromatic carbocycles. The highest BCUT2D eigenvalue weighted by atomic mass is 32.2. The van der Waals surface area contributed by atoms with Crippen LogP contribution in [0.2, 0.25) is 0 Å². The average Bonchev–Trinajstić information content (AvgIpc) is 2.47. The summed E-state index contributed by atoms with van der Waals surface area (Å²) in [5.41, 5.74) is 0.712. The van der Waals surface area contributed by atoms with Gasteiger partial charge in [0.15, 0.2) is 0 Å². The van der Waals surface area contributed by atoms with Gasteiger partial charge in [-0.15, -0.1) is 11.8 Å². The van der Waals surface area contributed by atoms with Crippen LogP contribution in [0, 0.1) is 6.92 Å². The zero-order valence-electron chi connectivity index (χ0n) is 11.7. The zero-order valence-corrected chi connectivity index (χ0v) is 12.5. The number of carbonyl (C=O) groups excluding carboxylic acids is 1. The van der Waals surface area contributed by atoms with E-state index in [1.165, 1.54) is 17.3 Å². The van der Waals surface area contributed by atoms with E-state index in [0.29, 0.717) is 31.8 Å². The van der Waals surface area contributed by atoms with E-state index in [0.717, 1.165) is 4.90 Å². The van der Waals surface area contributed by atoms with Gasteiger partial charge in [0, 0.05) is 18.1 Å². The van der Waals surface area contributed by atoms with Gasteiger partial charge in [0.1, 0.15) is 0 Å². The van der Waals surface area contributed by atoms with Crippen LogP contribution in [-0.4, -0.2) is 42.1 Å². The Morgan fingerprint density at radius 1 is 1.35 bits per heavy atom. The molecule has 0 bridgehead atoms. The smallest absolute Gasteiger partial charge is 0.230 e. The molecule has 110 valence electrons. The number of nitrogens with one attached hydrogen (secondary N) is 1. The highest BCUT2D eigenvalue weighted by Crippen LogP contribution is 2.22. The second kappa shape index (κ2) is 7.11. The molecule has 1 heterocycles. The molecular weight excluding hydrogens is 274 g/mol. The normalized spacial score (nSPS) is 17.7. The van der Waals surface area contributed by atoms with Crippen molar-refractivity contribution in [1.29, 1.82) is 0 Å². The summed E-state index contributed by atoms with van der Waals surface area (Å²) in [7, 11) is 0. The molecule has 1 amide bonds. The Hall–Kier alpha value is -1.04. The van der Waals surface area contributed by atoms with Gasteiger partial charge in [-0.25, -0.2) is 0 Å². The fourth-order valence-corrected chi connectivity index (χ4v) is 2.90. The molecule has 0 saturated carbocycles. The van der Waals surface area contributed by atoms with E-state index in [4.69, 9.17) is 4.74 Å². The second-order valence-electron chi connectivity index (χ2n) is 5.20. The molecule has 2 rings (SSSR count). The first-order valence-corrected chi connectivity index (χ1v) is 7.81. The van der Waals surface area contributed by atoms with Crippen LogP contribution in [0.15, 0.2) is 29.2 Å². The number of rotatable bonds is 5. The Morgan fingerprint density at radius 3 is 2.60 bits per heavy atom. The number of aliphatic hydroxyl groups excluding tert-OH is 1. The van der Waals surface area contributed by atoms with Crippen LogP contribution in [0.4, 0.5) is 0 Å². The molecule has 20 heavy (non-hydrogen) atoms. The Bertz CT molecular complexity index is 441. The SMILES string of the molecule is Cc1ccc(SCC(=O)NC2(CO)CCOCC2)cc1. The number of ether oxygens (including phenoxy) is 1. The lowest BCUT2D eigenvalue weighted by atomic mass is 9.91. The second-order valence-corrected chi connectivity index (χ2v) is 6.25. The molecule has 1 aliphatic heterocycles. The first-order chi connectivity index (χ1) is 9.63. The molecule has 0 aliphatic carbocycles. The number of hydrogen-bond acceptors (Lipinski definition) is 4. The van der Waals surface area contributed by atoms with Gasteiger partial charge in [0.25, 0.3) is 0 Å². The number of aryl methyl sites for hydroxylation is 1. The van der Waals surface area contributed by atoms with Crippen molar-refractivity contribution in [3.05, 3.63) is 29.8 Å². The summed E-state index contributed by atoms with van der Waals surface area (Å²) in [5.74, 6) is 0.331. The monoisotopic (exact) mass is 295 g/mol. The lowest BCUT2D eigenvalue weighted by Gasteiger charge is -2.36. The minimum Gasteiger partial charge on any atom is -0.394 e. The van der Waals surface area contributed by atoms with Crippen molar-refractivity contribution in [2.24, 2.45) is 0 Å². The first-order valence-electron chi connectivity index (χ1n) is 6.83. The third-order valence-electron chi connectivity index (χ3n) is 3.55. The number of carbonyl (C=O) groups is 1. The molecule has 0 aromatic heterocycles. The highest BCUT2D eigenvalue weighted by molar-refractivity contribution is 8.00. The van der Waals surface area contributed by atoms with Crippen molar-refractivity contribution < 1.29 is 14.6 Å². The zero-order chi connectivity index (χ0) is 14.4. The topological polar surface area (TPSA) is 58.6 Å². The summed E-state index contributed by atoms with van der Waals surface area (Å²) in [5, 5.41) is 12.5. The van der Waals surface area contributed by atoms with Crippen molar-refractivity contribution in [3.63, 3.8) is 0 Å².